The molecule has 0 radical (unpaired) electrons. The van der Waals surface area contributed by atoms with Gasteiger partial charge in [0.05, 0.1) is 18.2 Å². The summed E-state index contributed by atoms with van der Waals surface area (Å²) in [7, 11) is 0. The van der Waals surface area contributed by atoms with Crippen LogP contribution in [0.2, 0.25) is 0 Å². The van der Waals surface area contributed by atoms with E-state index in [-0.39, 0.29) is 0 Å². The third kappa shape index (κ3) is 3.47. The largest absolute Gasteiger partial charge is 0.472 e. The zero-order valence-electron chi connectivity index (χ0n) is 11.7. The highest BCUT2D eigenvalue weighted by atomic mass is 32.2. The molecule has 1 aromatic carbocycles. The van der Waals surface area contributed by atoms with Crippen LogP contribution in [0.25, 0.3) is 11.3 Å². The predicted octanol–water partition coefficient (Wildman–Crippen LogP) is 4.68. The number of rotatable bonds is 5. The van der Waals surface area contributed by atoms with Crippen LogP contribution in [0.3, 0.4) is 0 Å². The molecule has 4 heteroatoms. The fourth-order valence-corrected chi connectivity index (χ4v) is 2.45. The van der Waals surface area contributed by atoms with Crippen LogP contribution in [-0.4, -0.2) is 11.2 Å². The first-order valence-corrected chi connectivity index (χ1v) is 7.94. The molecular formula is C17H16N2OS. The Balaban J connectivity index is 1.75. The predicted molar refractivity (Wildman–Crippen MR) is 87.5 cm³/mol. The van der Waals surface area contributed by atoms with Gasteiger partial charge in [0.25, 0.3) is 0 Å². The SMILES string of the molecule is CSc1ccc(-c2cccc(NCc3ccoc3)n2)cc1. The molecule has 0 atom stereocenters. The highest BCUT2D eigenvalue weighted by Crippen LogP contribution is 2.22. The number of nitrogens with one attached hydrogen (secondary N) is 1. The summed E-state index contributed by atoms with van der Waals surface area (Å²) >= 11 is 1.74. The second kappa shape index (κ2) is 6.50. The van der Waals surface area contributed by atoms with Crippen molar-refractivity contribution in [2.24, 2.45) is 0 Å². The van der Waals surface area contributed by atoms with Crippen LogP contribution in [0.4, 0.5) is 5.82 Å². The average molecular weight is 296 g/mol. The number of benzene rings is 1. The molecule has 0 bridgehead atoms. The highest BCUT2D eigenvalue weighted by Gasteiger charge is 2.02. The number of hydrogen-bond donors (Lipinski definition) is 1. The third-order valence-corrected chi connectivity index (χ3v) is 3.93. The molecule has 21 heavy (non-hydrogen) atoms. The van der Waals surface area contributed by atoms with Gasteiger partial charge in [0.1, 0.15) is 5.82 Å². The fourth-order valence-electron chi connectivity index (χ4n) is 2.04. The van der Waals surface area contributed by atoms with E-state index in [1.807, 2.05) is 24.3 Å². The third-order valence-electron chi connectivity index (χ3n) is 3.19. The lowest BCUT2D eigenvalue weighted by Gasteiger charge is -2.07. The summed E-state index contributed by atoms with van der Waals surface area (Å²) in [6, 6.07) is 16.4. The Hall–Kier alpha value is -2.20. The van der Waals surface area contributed by atoms with Gasteiger partial charge in [-0.25, -0.2) is 4.98 Å². The molecule has 3 nitrogen and oxygen atoms in total. The van der Waals surface area contributed by atoms with Crippen LogP contribution in [0.1, 0.15) is 5.56 Å². The Bertz CT molecular complexity index is 693. The van der Waals surface area contributed by atoms with Crippen molar-refractivity contribution < 1.29 is 4.42 Å². The first-order chi connectivity index (χ1) is 10.3. The molecule has 0 spiro atoms. The van der Waals surface area contributed by atoms with Gasteiger partial charge in [-0.3, -0.25) is 0 Å². The van der Waals surface area contributed by atoms with Gasteiger partial charge in [-0.2, -0.15) is 0 Å². The standard InChI is InChI=1S/C17H16N2OS/c1-21-15-7-5-14(6-8-15)16-3-2-4-17(19-16)18-11-13-9-10-20-12-13/h2-10,12H,11H2,1H3,(H,18,19). The number of furan rings is 1. The van der Waals surface area contributed by atoms with Gasteiger partial charge in [0, 0.05) is 22.6 Å². The summed E-state index contributed by atoms with van der Waals surface area (Å²) in [5.41, 5.74) is 3.20. The van der Waals surface area contributed by atoms with Crippen molar-refractivity contribution in [1.29, 1.82) is 0 Å². The molecular weight excluding hydrogens is 280 g/mol. The smallest absolute Gasteiger partial charge is 0.126 e. The second-order valence-electron chi connectivity index (χ2n) is 4.62. The molecule has 3 rings (SSSR count). The van der Waals surface area contributed by atoms with E-state index in [1.165, 1.54) is 4.90 Å². The quantitative estimate of drug-likeness (QED) is 0.694. The molecule has 0 aliphatic carbocycles. The minimum atomic E-state index is 0.707. The molecule has 0 unspecified atom stereocenters. The zero-order chi connectivity index (χ0) is 14.5. The number of hydrogen-bond acceptors (Lipinski definition) is 4. The van der Waals surface area contributed by atoms with E-state index in [1.54, 1.807) is 24.3 Å². The van der Waals surface area contributed by atoms with Crippen LogP contribution in [0.15, 0.2) is 70.4 Å². The topological polar surface area (TPSA) is 38.1 Å². The van der Waals surface area contributed by atoms with Crippen LogP contribution in [0, 0.1) is 0 Å². The monoisotopic (exact) mass is 296 g/mol. The lowest BCUT2D eigenvalue weighted by Crippen LogP contribution is -2.00. The first-order valence-electron chi connectivity index (χ1n) is 6.71. The minimum absolute atomic E-state index is 0.707. The Morgan fingerprint density at radius 1 is 1.10 bits per heavy atom. The fraction of sp³-hybridized carbons (Fsp3) is 0.118. The normalized spacial score (nSPS) is 10.5. The van der Waals surface area contributed by atoms with Crippen molar-refractivity contribution in [2.45, 2.75) is 11.4 Å². The molecule has 2 heterocycles. The molecule has 106 valence electrons. The van der Waals surface area contributed by atoms with E-state index in [9.17, 15) is 0 Å². The van der Waals surface area contributed by atoms with E-state index in [0.717, 1.165) is 22.6 Å². The molecule has 0 aliphatic rings. The van der Waals surface area contributed by atoms with Gasteiger partial charge < -0.3 is 9.73 Å². The number of thioether (sulfide) groups is 1. The van der Waals surface area contributed by atoms with Crippen molar-refractivity contribution in [3.05, 3.63) is 66.6 Å². The summed E-state index contributed by atoms with van der Waals surface area (Å²) < 4.78 is 5.06. The molecule has 0 amide bonds. The van der Waals surface area contributed by atoms with E-state index in [0.29, 0.717) is 6.54 Å². The summed E-state index contributed by atoms with van der Waals surface area (Å²) in [4.78, 5) is 5.91. The molecule has 1 N–H and O–H groups in total. The number of anilines is 1. The van der Waals surface area contributed by atoms with Crippen molar-refractivity contribution >= 4 is 17.6 Å². The second-order valence-corrected chi connectivity index (χ2v) is 5.50. The van der Waals surface area contributed by atoms with Crippen molar-refractivity contribution in [2.75, 3.05) is 11.6 Å². The molecule has 0 saturated heterocycles. The number of pyridine rings is 1. The zero-order valence-corrected chi connectivity index (χ0v) is 12.6. The van der Waals surface area contributed by atoms with Gasteiger partial charge in [0.15, 0.2) is 0 Å². The summed E-state index contributed by atoms with van der Waals surface area (Å²) in [5.74, 6) is 0.864. The minimum Gasteiger partial charge on any atom is -0.472 e. The maximum absolute atomic E-state index is 5.06. The van der Waals surface area contributed by atoms with Gasteiger partial charge in [0.2, 0.25) is 0 Å². The Morgan fingerprint density at radius 2 is 1.95 bits per heavy atom. The Kier molecular flexibility index (Phi) is 4.26. The van der Waals surface area contributed by atoms with E-state index >= 15 is 0 Å². The van der Waals surface area contributed by atoms with E-state index in [4.69, 9.17) is 4.42 Å². The van der Waals surface area contributed by atoms with Crippen LogP contribution < -0.4 is 5.32 Å². The van der Waals surface area contributed by atoms with Gasteiger partial charge in [-0.15, -0.1) is 11.8 Å². The van der Waals surface area contributed by atoms with Crippen molar-refractivity contribution in [3.63, 3.8) is 0 Å². The van der Waals surface area contributed by atoms with E-state index < -0.39 is 0 Å². The Labute approximate surface area is 128 Å². The van der Waals surface area contributed by atoms with Gasteiger partial charge in [-0.1, -0.05) is 18.2 Å². The Morgan fingerprint density at radius 3 is 2.67 bits per heavy atom. The molecule has 0 aliphatic heterocycles. The summed E-state index contributed by atoms with van der Waals surface area (Å²) in [6.07, 6.45) is 5.49. The van der Waals surface area contributed by atoms with E-state index in [2.05, 4.69) is 40.8 Å². The molecule has 0 fully saturated rings. The maximum Gasteiger partial charge on any atom is 0.126 e. The highest BCUT2D eigenvalue weighted by molar-refractivity contribution is 7.98. The first kappa shape index (κ1) is 13.8. The van der Waals surface area contributed by atoms with Gasteiger partial charge >= 0.3 is 0 Å². The van der Waals surface area contributed by atoms with Crippen molar-refractivity contribution in [3.8, 4) is 11.3 Å². The molecule has 0 saturated carbocycles. The number of nitrogens with zero attached hydrogens (tertiary/aromatic N) is 1. The van der Waals surface area contributed by atoms with Crippen molar-refractivity contribution in [1.82, 2.24) is 4.98 Å². The lowest BCUT2D eigenvalue weighted by molar-refractivity contribution is 0.564. The summed E-state index contributed by atoms with van der Waals surface area (Å²) in [5, 5.41) is 3.30. The number of aromatic nitrogens is 1. The summed E-state index contributed by atoms with van der Waals surface area (Å²) in [6.45, 7) is 0.707. The molecule has 3 aromatic rings. The lowest BCUT2D eigenvalue weighted by atomic mass is 10.1. The molecule has 2 aromatic heterocycles. The van der Waals surface area contributed by atoms with Crippen LogP contribution in [-0.2, 0) is 6.54 Å². The van der Waals surface area contributed by atoms with Gasteiger partial charge in [-0.05, 0) is 36.6 Å². The maximum atomic E-state index is 5.06. The van der Waals surface area contributed by atoms with Crippen LogP contribution in [0.5, 0.6) is 0 Å². The average Bonchev–Trinajstić information content (AvgIpc) is 3.07. The van der Waals surface area contributed by atoms with Crippen LogP contribution >= 0.6 is 11.8 Å².